The van der Waals surface area contributed by atoms with Crippen LogP contribution >= 0.6 is 11.6 Å². The Morgan fingerprint density at radius 2 is 2.04 bits per heavy atom. The highest BCUT2D eigenvalue weighted by molar-refractivity contribution is 6.30. The molecule has 6 heteroatoms. The molecule has 0 aliphatic heterocycles. The summed E-state index contributed by atoms with van der Waals surface area (Å²) in [7, 11) is 0. The number of hydrogen-bond donors (Lipinski definition) is 2. The maximum absolute atomic E-state index is 12.1. The van der Waals surface area contributed by atoms with Gasteiger partial charge in [0.25, 0.3) is 0 Å². The predicted molar refractivity (Wildman–Crippen MR) is 93.6 cm³/mol. The SMILES string of the molecule is C[C@H](C(=O)NCCC(=O)NCc1cccnc1)c1cccc(Cl)c1. The highest BCUT2D eigenvalue weighted by Crippen LogP contribution is 2.19. The number of carbonyl (C=O) groups excluding carboxylic acids is 2. The molecule has 0 aliphatic rings. The molecule has 24 heavy (non-hydrogen) atoms. The van der Waals surface area contributed by atoms with Crippen LogP contribution in [0.1, 0.15) is 30.4 Å². The molecule has 1 heterocycles. The van der Waals surface area contributed by atoms with Gasteiger partial charge < -0.3 is 10.6 Å². The first-order valence-electron chi connectivity index (χ1n) is 7.75. The Labute approximate surface area is 146 Å². The Kier molecular flexibility index (Phi) is 6.75. The van der Waals surface area contributed by atoms with E-state index in [1.807, 2.05) is 31.2 Å². The zero-order valence-corrected chi connectivity index (χ0v) is 14.2. The second-order valence-corrected chi connectivity index (χ2v) is 5.89. The van der Waals surface area contributed by atoms with E-state index < -0.39 is 0 Å². The average Bonchev–Trinajstić information content (AvgIpc) is 2.60. The first-order chi connectivity index (χ1) is 11.6. The number of benzene rings is 1. The first kappa shape index (κ1) is 17.9. The molecule has 0 spiro atoms. The second kappa shape index (κ2) is 9.03. The van der Waals surface area contributed by atoms with E-state index in [4.69, 9.17) is 11.6 Å². The van der Waals surface area contributed by atoms with Crippen molar-refractivity contribution in [1.29, 1.82) is 0 Å². The van der Waals surface area contributed by atoms with Gasteiger partial charge in [0.05, 0.1) is 5.92 Å². The summed E-state index contributed by atoms with van der Waals surface area (Å²) < 4.78 is 0. The van der Waals surface area contributed by atoms with Crippen LogP contribution in [0.4, 0.5) is 0 Å². The van der Waals surface area contributed by atoms with Gasteiger partial charge in [-0.25, -0.2) is 0 Å². The van der Waals surface area contributed by atoms with Crippen LogP contribution in [0.2, 0.25) is 5.02 Å². The van der Waals surface area contributed by atoms with Crippen molar-refractivity contribution in [1.82, 2.24) is 15.6 Å². The molecule has 0 radical (unpaired) electrons. The summed E-state index contributed by atoms with van der Waals surface area (Å²) in [5, 5.41) is 6.17. The van der Waals surface area contributed by atoms with Gasteiger partial charge in [0.2, 0.25) is 11.8 Å². The standard InChI is InChI=1S/C18H20ClN3O2/c1-13(15-5-2-6-16(19)10-15)18(24)21-9-7-17(23)22-12-14-4-3-8-20-11-14/h2-6,8,10-11,13H,7,9,12H2,1H3,(H,21,24)(H,22,23)/t13-/m0/s1. The normalized spacial score (nSPS) is 11.6. The second-order valence-electron chi connectivity index (χ2n) is 5.46. The van der Waals surface area contributed by atoms with E-state index in [-0.39, 0.29) is 24.2 Å². The highest BCUT2D eigenvalue weighted by atomic mass is 35.5. The zero-order valence-electron chi connectivity index (χ0n) is 13.5. The highest BCUT2D eigenvalue weighted by Gasteiger charge is 2.15. The van der Waals surface area contributed by atoms with Crippen molar-refractivity contribution in [3.8, 4) is 0 Å². The smallest absolute Gasteiger partial charge is 0.227 e. The lowest BCUT2D eigenvalue weighted by Crippen LogP contribution is -2.32. The Hall–Kier alpha value is -2.40. The number of amides is 2. The van der Waals surface area contributed by atoms with E-state index in [1.165, 1.54) is 0 Å². The molecule has 0 aliphatic carbocycles. The minimum Gasteiger partial charge on any atom is -0.355 e. The quantitative estimate of drug-likeness (QED) is 0.810. The minimum absolute atomic E-state index is 0.116. The molecule has 2 rings (SSSR count). The number of carbonyl (C=O) groups is 2. The van der Waals surface area contributed by atoms with Crippen LogP contribution in [0.25, 0.3) is 0 Å². The predicted octanol–water partition coefficient (Wildman–Crippen LogP) is 2.66. The molecule has 2 N–H and O–H groups in total. The van der Waals surface area contributed by atoms with Crippen LogP contribution in [-0.2, 0) is 16.1 Å². The summed E-state index contributed by atoms with van der Waals surface area (Å²) in [6.45, 7) is 2.53. The van der Waals surface area contributed by atoms with E-state index in [9.17, 15) is 9.59 Å². The minimum atomic E-state index is -0.317. The molecule has 0 saturated carbocycles. The van der Waals surface area contributed by atoms with Crippen molar-refractivity contribution in [2.45, 2.75) is 25.8 Å². The van der Waals surface area contributed by atoms with E-state index in [0.717, 1.165) is 11.1 Å². The third kappa shape index (κ3) is 5.66. The van der Waals surface area contributed by atoms with Crippen LogP contribution in [0.5, 0.6) is 0 Å². The summed E-state index contributed by atoms with van der Waals surface area (Å²) in [4.78, 5) is 27.9. The van der Waals surface area contributed by atoms with Crippen molar-refractivity contribution in [2.24, 2.45) is 0 Å². The molecule has 5 nitrogen and oxygen atoms in total. The van der Waals surface area contributed by atoms with Crippen molar-refractivity contribution < 1.29 is 9.59 Å². The number of nitrogens with zero attached hydrogens (tertiary/aromatic N) is 1. The van der Waals surface area contributed by atoms with Crippen LogP contribution < -0.4 is 10.6 Å². The molecule has 0 bridgehead atoms. The van der Waals surface area contributed by atoms with Gasteiger partial charge in [0.15, 0.2) is 0 Å². The third-order valence-corrected chi connectivity index (χ3v) is 3.84. The molecule has 0 fully saturated rings. The topological polar surface area (TPSA) is 71.1 Å². The number of aromatic nitrogens is 1. The van der Waals surface area contributed by atoms with Gasteiger partial charge in [-0.05, 0) is 36.2 Å². The number of pyridine rings is 1. The molecule has 0 unspecified atom stereocenters. The fraction of sp³-hybridized carbons (Fsp3) is 0.278. The van der Waals surface area contributed by atoms with Crippen LogP contribution in [-0.4, -0.2) is 23.3 Å². The lowest BCUT2D eigenvalue weighted by molar-refractivity contribution is -0.123. The van der Waals surface area contributed by atoms with Crippen LogP contribution in [0.15, 0.2) is 48.8 Å². The maximum atomic E-state index is 12.1. The Bertz CT molecular complexity index is 692. The van der Waals surface area contributed by atoms with Gasteiger partial charge in [-0.1, -0.05) is 29.8 Å². The first-order valence-corrected chi connectivity index (χ1v) is 8.13. The molecule has 126 valence electrons. The molecule has 1 aromatic heterocycles. The van der Waals surface area contributed by atoms with E-state index in [2.05, 4.69) is 15.6 Å². The maximum Gasteiger partial charge on any atom is 0.227 e. The van der Waals surface area contributed by atoms with Gasteiger partial charge in [0.1, 0.15) is 0 Å². The van der Waals surface area contributed by atoms with Crippen molar-refractivity contribution in [3.05, 3.63) is 64.9 Å². The summed E-state index contributed by atoms with van der Waals surface area (Å²) in [6.07, 6.45) is 3.62. The summed E-state index contributed by atoms with van der Waals surface area (Å²) in [5.74, 6) is -0.561. The molecule has 0 saturated heterocycles. The van der Waals surface area contributed by atoms with Gasteiger partial charge in [0, 0.05) is 36.9 Å². The van der Waals surface area contributed by atoms with Crippen molar-refractivity contribution in [3.63, 3.8) is 0 Å². The molecule has 2 amide bonds. The fourth-order valence-corrected chi connectivity index (χ4v) is 2.37. The lowest BCUT2D eigenvalue weighted by atomic mass is 10.0. The Morgan fingerprint density at radius 3 is 2.75 bits per heavy atom. The molecule has 1 aromatic carbocycles. The zero-order chi connectivity index (χ0) is 17.4. The van der Waals surface area contributed by atoms with E-state index in [1.54, 1.807) is 24.5 Å². The van der Waals surface area contributed by atoms with Crippen LogP contribution in [0, 0.1) is 0 Å². The summed E-state index contributed by atoms with van der Waals surface area (Å²) >= 11 is 5.94. The summed E-state index contributed by atoms with van der Waals surface area (Å²) in [5.41, 5.74) is 1.78. The lowest BCUT2D eigenvalue weighted by Gasteiger charge is -2.13. The van der Waals surface area contributed by atoms with E-state index >= 15 is 0 Å². The van der Waals surface area contributed by atoms with Crippen LogP contribution in [0.3, 0.4) is 0 Å². The van der Waals surface area contributed by atoms with Crippen molar-refractivity contribution in [2.75, 3.05) is 6.54 Å². The van der Waals surface area contributed by atoms with E-state index in [0.29, 0.717) is 18.1 Å². The molecule has 1 atom stereocenters. The molecule has 2 aromatic rings. The molecular formula is C18H20ClN3O2. The Balaban J connectivity index is 1.71. The third-order valence-electron chi connectivity index (χ3n) is 3.61. The number of halogens is 1. The Morgan fingerprint density at radius 1 is 1.21 bits per heavy atom. The number of rotatable bonds is 7. The fourth-order valence-electron chi connectivity index (χ4n) is 2.17. The van der Waals surface area contributed by atoms with Gasteiger partial charge in [-0.2, -0.15) is 0 Å². The monoisotopic (exact) mass is 345 g/mol. The largest absolute Gasteiger partial charge is 0.355 e. The number of nitrogens with one attached hydrogen (secondary N) is 2. The number of hydrogen-bond acceptors (Lipinski definition) is 3. The average molecular weight is 346 g/mol. The van der Waals surface area contributed by atoms with Gasteiger partial charge >= 0.3 is 0 Å². The van der Waals surface area contributed by atoms with Gasteiger partial charge in [-0.3, -0.25) is 14.6 Å². The van der Waals surface area contributed by atoms with Crippen molar-refractivity contribution >= 4 is 23.4 Å². The van der Waals surface area contributed by atoms with Gasteiger partial charge in [-0.15, -0.1) is 0 Å². The molecular weight excluding hydrogens is 326 g/mol. The summed E-state index contributed by atoms with van der Waals surface area (Å²) in [6, 6.07) is 10.9.